The van der Waals surface area contributed by atoms with Crippen molar-refractivity contribution in [2.24, 2.45) is 0 Å². The molecule has 28 heavy (non-hydrogen) atoms. The Labute approximate surface area is 168 Å². The molecule has 0 saturated heterocycles. The minimum Gasteiger partial charge on any atom is -0.378 e. The fourth-order valence-electron chi connectivity index (χ4n) is 4.30. The van der Waals surface area contributed by atoms with Crippen LogP contribution in [0.3, 0.4) is 0 Å². The molecule has 0 aliphatic heterocycles. The second-order valence-corrected chi connectivity index (χ2v) is 8.61. The normalized spacial score (nSPS) is 17.1. The van der Waals surface area contributed by atoms with Crippen LogP contribution in [0.4, 0.5) is 5.69 Å². The van der Waals surface area contributed by atoms with E-state index in [1.807, 2.05) is 0 Å². The molecule has 0 N–H and O–H groups in total. The Balaban J connectivity index is 2.08. The first kappa shape index (κ1) is 18.5. The van der Waals surface area contributed by atoms with Gasteiger partial charge in [-0.1, -0.05) is 50.2 Å². The predicted molar refractivity (Wildman–Crippen MR) is 121 cm³/mol. The predicted octanol–water partition coefficient (Wildman–Crippen LogP) is 5.06. The molecule has 2 aromatic carbocycles. The maximum atomic E-state index is 2.36. The summed E-state index contributed by atoms with van der Waals surface area (Å²) in [6, 6.07) is 17.7. The summed E-state index contributed by atoms with van der Waals surface area (Å²) in [6.07, 6.45) is 6.90. The van der Waals surface area contributed by atoms with Crippen molar-refractivity contribution in [2.45, 2.75) is 19.3 Å². The van der Waals surface area contributed by atoms with E-state index in [-0.39, 0.29) is 5.41 Å². The average Bonchev–Trinajstić information content (AvgIpc) is 2.68. The molecule has 0 aromatic heterocycles. The van der Waals surface area contributed by atoms with E-state index in [2.05, 4.69) is 118 Å². The van der Waals surface area contributed by atoms with Gasteiger partial charge < -0.3 is 4.90 Å². The van der Waals surface area contributed by atoms with Crippen LogP contribution in [0.25, 0.3) is 5.57 Å². The molecule has 0 saturated carbocycles. The van der Waals surface area contributed by atoms with Crippen LogP contribution in [0, 0.1) is 0 Å². The Morgan fingerprint density at radius 2 is 1.61 bits per heavy atom. The van der Waals surface area contributed by atoms with E-state index in [0.717, 1.165) is 0 Å². The standard InChI is InChI=1S/C26H29N2/c1-26(2)23-16-19(27(3)4)12-14-21(23)25(18-10-8-7-9-11-18)22-15-13-20(28(5)6)17-24(22)26/h7-17H,1-6H3/q+1. The van der Waals surface area contributed by atoms with Crippen LogP contribution >= 0.6 is 0 Å². The van der Waals surface area contributed by atoms with Gasteiger partial charge in [-0.2, -0.15) is 0 Å². The molecular formula is C26H29N2+. The van der Waals surface area contributed by atoms with Gasteiger partial charge >= 0.3 is 0 Å². The first-order chi connectivity index (χ1) is 13.3. The first-order valence-electron chi connectivity index (χ1n) is 9.87. The third-order valence-corrected chi connectivity index (χ3v) is 5.99. The summed E-state index contributed by atoms with van der Waals surface area (Å²) < 4.78 is 2.18. The smallest absolute Gasteiger partial charge is 0.199 e. The topological polar surface area (TPSA) is 6.25 Å². The van der Waals surface area contributed by atoms with Crippen molar-refractivity contribution in [1.82, 2.24) is 0 Å². The van der Waals surface area contributed by atoms with E-state index in [9.17, 15) is 0 Å². The molecule has 0 spiro atoms. The Kier molecular flexibility index (Phi) is 4.38. The van der Waals surface area contributed by atoms with Crippen LogP contribution in [0.2, 0.25) is 0 Å². The molecule has 2 heteroatoms. The van der Waals surface area contributed by atoms with Gasteiger partial charge in [0.05, 0.1) is 0 Å². The number of fused-ring (bicyclic) bond motifs is 2. The summed E-state index contributed by atoms with van der Waals surface area (Å²) in [5, 5.41) is 0. The fourth-order valence-corrected chi connectivity index (χ4v) is 4.30. The van der Waals surface area contributed by atoms with Gasteiger partial charge in [0.25, 0.3) is 0 Å². The minimum atomic E-state index is -0.0685. The number of benzene rings is 2. The summed E-state index contributed by atoms with van der Waals surface area (Å²) in [7, 11) is 8.43. The second kappa shape index (κ2) is 6.63. The monoisotopic (exact) mass is 369 g/mol. The highest BCUT2D eigenvalue weighted by Gasteiger charge is 2.38. The van der Waals surface area contributed by atoms with Crippen LogP contribution in [-0.4, -0.2) is 38.5 Å². The van der Waals surface area contributed by atoms with Gasteiger partial charge in [0, 0.05) is 37.3 Å². The summed E-state index contributed by atoms with van der Waals surface area (Å²) in [5.74, 6) is 0. The van der Waals surface area contributed by atoms with E-state index in [1.54, 1.807) is 0 Å². The van der Waals surface area contributed by atoms with Crippen LogP contribution in [0.1, 0.15) is 30.5 Å². The summed E-state index contributed by atoms with van der Waals surface area (Å²) in [5.41, 5.74) is 10.5. The average molecular weight is 370 g/mol. The number of hydrogen-bond acceptors (Lipinski definition) is 1. The van der Waals surface area contributed by atoms with Crippen molar-refractivity contribution < 1.29 is 4.58 Å². The van der Waals surface area contributed by atoms with Crippen LogP contribution in [-0.2, 0) is 5.41 Å². The highest BCUT2D eigenvalue weighted by molar-refractivity contribution is 6.06. The number of nitrogens with zero attached hydrogens (tertiary/aromatic N) is 2. The summed E-state index contributed by atoms with van der Waals surface area (Å²) in [4.78, 5) is 2.18. The Hall–Kier alpha value is -2.87. The summed E-state index contributed by atoms with van der Waals surface area (Å²) >= 11 is 0. The Bertz CT molecular complexity index is 1060. The molecule has 0 fully saturated rings. The van der Waals surface area contributed by atoms with Gasteiger partial charge in [0.2, 0.25) is 0 Å². The van der Waals surface area contributed by atoms with Crippen molar-refractivity contribution in [3.8, 4) is 0 Å². The third kappa shape index (κ3) is 2.84. The maximum absolute atomic E-state index is 2.36. The summed E-state index contributed by atoms with van der Waals surface area (Å²) in [6.45, 7) is 4.70. The fraction of sp³-hybridized carbons (Fsp3) is 0.269. The molecule has 0 bridgehead atoms. The van der Waals surface area contributed by atoms with Crippen LogP contribution < -0.4 is 4.90 Å². The molecule has 2 aliphatic carbocycles. The van der Waals surface area contributed by atoms with Gasteiger partial charge in [-0.25, -0.2) is 4.58 Å². The minimum absolute atomic E-state index is 0.0685. The SMILES string of the molecule is CN(C)c1ccc2c(c1)C(C)(C)C1=CC(=[N+](C)C)C=CC1=C2c1ccccc1. The zero-order valence-electron chi connectivity index (χ0n) is 17.7. The van der Waals surface area contributed by atoms with Crippen molar-refractivity contribution in [1.29, 1.82) is 0 Å². The maximum Gasteiger partial charge on any atom is 0.199 e. The first-order valence-corrected chi connectivity index (χ1v) is 9.87. The van der Waals surface area contributed by atoms with Crippen LogP contribution in [0.5, 0.6) is 0 Å². The van der Waals surface area contributed by atoms with E-state index >= 15 is 0 Å². The highest BCUT2D eigenvalue weighted by atomic mass is 15.1. The lowest BCUT2D eigenvalue weighted by molar-refractivity contribution is -0.462. The van der Waals surface area contributed by atoms with Gasteiger partial charge in [-0.05, 0) is 51.6 Å². The number of rotatable bonds is 2. The molecule has 0 heterocycles. The van der Waals surface area contributed by atoms with E-state index in [0.29, 0.717) is 0 Å². The molecule has 0 atom stereocenters. The lowest BCUT2D eigenvalue weighted by Gasteiger charge is -2.39. The molecule has 142 valence electrons. The molecule has 0 radical (unpaired) electrons. The van der Waals surface area contributed by atoms with Crippen LogP contribution in [0.15, 0.2) is 77.9 Å². The van der Waals surface area contributed by atoms with Gasteiger partial charge in [0.15, 0.2) is 5.71 Å². The molecule has 2 aromatic rings. The number of allylic oxidation sites excluding steroid dienone is 5. The lowest BCUT2D eigenvalue weighted by atomic mass is 9.64. The van der Waals surface area contributed by atoms with Crippen molar-refractivity contribution in [2.75, 3.05) is 33.1 Å². The lowest BCUT2D eigenvalue weighted by Crippen LogP contribution is -2.30. The van der Waals surface area contributed by atoms with Crippen molar-refractivity contribution in [3.63, 3.8) is 0 Å². The molecule has 4 rings (SSSR count). The van der Waals surface area contributed by atoms with E-state index in [4.69, 9.17) is 0 Å². The molecule has 0 unspecified atom stereocenters. The zero-order chi connectivity index (χ0) is 20.1. The highest BCUT2D eigenvalue weighted by Crippen LogP contribution is 2.50. The van der Waals surface area contributed by atoms with Crippen molar-refractivity contribution >= 4 is 17.0 Å². The van der Waals surface area contributed by atoms with Gasteiger partial charge in [-0.3, -0.25) is 0 Å². The quantitative estimate of drug-likeness (QED) is 0.671. The molecule has 2 nitrogen and oxygen atoms in total. The van der Waals surface area contributed by atoms with E-state index in [1.165, 1.54) is 44.8 Å². The largest absolute Gasteiger partial charge is 0.378 e. The third-order valence-electron chi connectivity index (χ3n) is 5.99. The molecular weight excluding hydrogens is 340 g/mol. The Morgan fingerprint density at radius 3 is 2.25 bits per heavy atom. The van der Waals surface area contributed by atoms with Gasteiger partial charge in [-0.15, -0.1) is 0 Å². The Morgan fingerprint density at radius 1 is 0.893 bits per heavy atom. The van der Waals surface area contributed by atoms with Crippen molar-refractivity contribution in [3.05, 3.63) is 94.6 Å². The van der Waals surface area contributed by atoms with Gasteiger partial charge in [0.1, 0.15) is 14.1 Å². The molecule has 2 aliphatic rings. The van der Waals surface area contributed by atoms with E-state index < -0.39 is 0 Å². The molecule has 0 amide bonds. The zero-order valence-corrected chi connectivity index (χ0v) is 17.7. The number of hydrogen-bond donors (Lipinski definition) is 0. The number of anilines is 1. The second-order valence-electron chi connectivity index (χ2n) is 8.61.